The van der Waals surface area contributed by atoms with Gasteiger partial charge >= 0.3 is 0 Å². The molecule has 0 spiro atoms. The van der Waals surface area contributed by atoms with Crippen molar-refractivity contribution in [1.29, 1.82) is 0 Å². The zero-order valence-corrected chi connectivity index (χ0v) is 17.4. The Morgan fingerprint density at radius 1 is 1.17 bits per heavy atom. The summed E-state index contributed by atoms with van der Waals surface area (Å²) in [4.78, 5) is 13.7. The van der Waals surface area contributed by atoms with Gasteiger partial charge in [-0.3, -0.25) is 9.20 Å². The largest absolute Gasteiger partial charge is 0.381 e. The number of carbonyl (C=O) groups is 1. The summed E-state index contributed by atoms with van der Waals surface area (Å²) in [7, 11) is 0. The second kappa shape index (κ2) is 8.97. The Morgan fingerprint density at radius 3 is 2.69 bits per heavy atom. The van der Waals surface area contributed by atoms with Gasteiger partial charge in [0.25, 0.3) is 0 Å². The van der Waals surface area contributed by atoms with E-state index < -0.39 is 5.41 Å². The van der Waals surface area contributed by atoms with Gasteiger partial charge in [-0.05, 0) is 49.0 Å². The van der Waals surface area contributed by atoms with Crippen LogP contribution in [0.3, 0.4) is 0 Å². The van der Waals surface area contributed by atoms with Crippen LogP contribution in [0.4, 0.5) is 0 Å². The molecular formula is C22H26N4O2S. The van der Waals surface area contributed by atoms with E-state index in [1.807, 2.05) is 59.1 Å². The molecule has 1 N–H and O–H groups in total. The molecule has 152 valence electrons. The van der Waals surface area contributed by atoms with Gasteiger partial charge in [0.2, 0.25) is 5.91 Å². The van der Waals surface area contributed by atoms with Crippen LogP contribution in [0.1, 0.15) is 36.7 Å². The molecular weight excluding hydrogens is 384 g/mol. The molecule has 6 nitrogen and oxygen atoms in total. The van der Waals surface area contributed by atoms with Crippen molar-refractivity contribution >= 4 is 23.3 Å². The second-order valence-corrected chi connectivity index (χ2v) is 8.34. The lowest BCUT2D eigenvalue weighted by atomic mass is 9.73. The fourth-order valence-corrected chi connectivity index (χ4v) is 4.49. The number of amides is 1. The number of nitrogens with zero attached hydrogens (tertiary/aromatic N) is 3. The van der Waals surface area contributed by atoms with Gasteiger partial charge in [-0.1, -0.05) is 36.4 Å². The van der Waals surface area contributed by atoms with E-state index in [4.69, 9.17) is 4.74 Å². The first-order chi connectivity index (χ1) is 14.2. The number of fused-ring (bicyclic) bond motifs is 1. The number of ether oxygens (including phenoxy) is 1. The summed E-state index contributed by atoms with van der Waals surface area (Å²) in [6.45, 7) is 1.18. The normalized spacial score (nSPS) is 17.1. The Balaban J connectivity index is 1.66. The minimum absolute atomic E-state index is 0.0470. The lowest BCUT2D eigenvalue weighted by Crippen LogP contribution is -2.49. The maximum absolute atomic E-state index is 13.7. The third kappa shape index (κ3) is 4.02. The van der Waals surface area contributed by atoms with Crippen LogP contribution >= 0.6 is 11.8 Å². The molecule has 1 aliphatic heterocycles. The van der Waals surface area contributed by atoms with Gasteiger partial charge in [0.1, 0.15) is 0 Å². The standard InChI is InChI=1S/C22H26N4O2S/c1-29-16-10-18(20-25-24-19-9-5-6-13-26(19)20)23-21(27)22(11-14-28-15-12-22)17-7-3-2-4-8-17/h2-9,13,18H,10-12,14-16H2,1H3,(H,23,27)/t18-/m1/s1. The lowest BCUT2D eigenvalue weighted by molar-refractivity contribution is -0.131. The highest BCUT2D eigenvalue weighted by molar-refractivity contribution is 7.98. The van der Waals surface area contributed by atoms with Crippen molar-refractivity contribution in [2.24, 2.45) is 0 Å². The van der Waals surface area contributed by atoms with Crippen LogP contribution in [-0.4, -0.2) is 45.7 Å². The number of aromatic nitrogens is 3. The van der Waals surface area contributed by atoms with Gasteiger partial charge in [0.05, 0.1) is 11.5 Å². The van der Waals surface area contributed by atoms with Crippen molar-refractivity contribution in [2.75, 3.05) is 25.2 Å². The van der Waals surface area contributed by atoms with Crippen molar-refractivity contribution in [3.05, 3.63) is 66.1 Å². The number of hydrogen-bond donors (Lipinski definition) is 1. The SMILES string of the molecule is CSCC[C@@H](NC(=O)C1(c2ccccc2)CCOCC1)c1nnc2ccccn12. The van der Waals surface area contributed by atoms with E-state index in [9.17, 15) is 4.79 Å². The quantitative estimate of drug-likeness (QED) is 0.647. The number of thioether (sulfide) groups is 1. The van der Waals surface area contributed by atoms with Crippen LogP contribution in [0.25, 0.3) is 5.65 Å². The Kier molecular flexibility index (Phi) is 6.16. The number of rotatable bonds is 7. The minimum atomic E-state index is -0.572. The number of pyridine rings is 1. The smallest absolute Gasteiger partial charge is 0.231 e. The fourth-order valence-electron chi connectivity index (χ4n) is 4.02. The molecule has 3 aromatic rings. The predicted molar refractivity (Wildman–Crippen MR) is 115 cm³/mol. The average molecular weight is 411 g/mol. The molecule has 0 bridgehead atoms. The number of nitrogens with one attached hydrogen (secondary N) is 1. The second-order valence-electron chi connectivity index (χ2n) is 7.36. The van der Waals surface area contributed by atoms with Crippen LogP contribution < -0.4 is 5.32 Å². The van der Waals surface area contributed by atoms with Crippen molar-refractivity contribution in [3.8, 4) is 0 Å². The van der Waals surface area contributed by atoms with Crippen molar-refractivity contribution in [2.45, 2.75) is 30.7 Å². The Morgan fingerprint density at radius 2 is 1.93 bits per heavy atom. The van der Waals surface area contributed by atoms with Crippen LogP contribution in [-0.2, 0) is 14.9 Å². The van der Waals surface area contributed by atoms with Gasteiger partial charge < -0.3 is 10.1 Å². The predicted octanol–water partition coefficient (Wildman–Crippen LogP) is 3.39. The fraction of sp³-hybridized carbons (Fsp3) is 0.409. The van der Waals surface area contributed by atoms with E-state index in [2.05, 4.69) is 21.8 Å². The summed E-state index contributed by atoms with van der Waals surface area (Å²) in [6, 6.07) is 15.7. The van der Waals surface area contributed by atoms with Gasteiger partial charge in [0.15, 0.2) is 11.5 Å². The molecule has 7 heteroatoms. The molecule has 0 radical (unpaired) electrons. The summed E-state index contributed by atoms with van der Waals surface area (Å²) < 4.78 is 7.55. The van der Waals surface area contributed by atoms with Gasteiger partial charge in [-0.25, -0.2) is 0 Å². The zero-order valence-electron chi connectivity index (χ0n) is 16.6. The average Bonchev–Trinajstić information content (AvgIpc) is 3.21. The Labute approximate surface area is 175 Å². The third-order valence-electron chi connectivity index (χ3n) is 5.68. The summed E-state index contributed by atoms with van der Waals surface area (Å²) in [5.74, 6) is 1.75. The van der Waals surface area contributed by atoms with Crippen LogP contribution in [0, 0.1) is 0 Å². The van der Waals surface area contributed by atoms with E-state index >= 15 is 0 Å². The molecule has 4 rings (SSSR count). The highest BCUT2D eigenvalue weighted by Gasteiger charge is 2.42. The Bertz CT molecular complexity index is 954. The van der Waals surface area contributed by atoms with Crippen molar-refractivity contribution < 1.29 is 9.53 Å². The molecule has 1 saturated heterocycles. The number of carbonyl (C=O) groups excluding carboxylic acids is 1. The van der Waals surface area contributed by atoms with E-state index in [1.54, 1.807) is 11.8 Å². The molecule has 29 heavy (non-hydrogen) atoms. The maximum atomic E-state index is 13.7. The number of hydrogen-bond acceptors (Lipinski definition) is 5. The van der Waals surface area contributed by atoms with Gasteiger partial charge in [0, 0.05) is 19.4 Å². The highest BCUT2D eigenvalue weighted by Crippen LogP contribution is 2.36. The molecule has 1 atom stereocenters. The van der Waals surface area contributed by atoms with E-state index in [0.29, 0.717) is 26.1 Å². The zero-order chi connectivity index (χ0) is 20.1. The van der Waals surface area contributed by atoms with Crippen LogP contribution in [0.5, 0.6) is 0 Å². The molecule has 1 amide bonds. The summed E-state index contributed by atoms with van der Waals surface area (Å²) in [6.07, 6.45) is 6.18. The van der Waals surface area contributed by atoms with E-state index in [0.717, 1.165) is 29.2 Å². The minimum Gasteiger partial charge on any atom is -0.381 e. The first-order valence-corrected chi connectivity index (χ1v) is 11.4. The van der Waals surface area contributed by atoms with Crippen molar-refractivity contribution in [1.82, 2.24) is 19.9 Å². The molecule has 1 aliphatic rings. The van der Waals surface area contributed by atoms with Gasteiger partial charge in [-0.2, -0.15) is 11.8 Å². The summed E-state index contributed by atoms with van der Waals surface area (Å²) >= 11 is 1.76. The molecule has 0 unspecified atom stereocenters. The third-order valence-corrected chi connectivity index (χ3v) is 6.32. The topological polar surface area (TPSA) is 68.5 Å². The lowest BCUT2D eigenvalue weighted by Gasteiger charge is -2.37. The van der Waals surface area contributed by atoms with E-state index in [1.165, 1.54) is 0 Å². The summed E-state index contributed by atoms with van der Waals surface area (Å²) in [5, 5.41) is 12.0. The van der Waals surface area contributed by atoms with E-state index in [-0.39, 0.29) is 11.9 Å². The number of benzene rings is 1. The molecule has 2 aromatic heterocycles. The molecule has 1 fully saturated rings. The van der Waals surface area contributed by atoms with Crippen LogP contribution in [0.2, 0.25) is 0 Å². The monoisotopic (exact) mass is 410 g/mol. The molecule has 0 saturated carbocycles. The van der Waals surface area contributed by atoms with Gasteiger partial charge in [-0.15, -0.1) is 10.2 Å². The first kappa shape index (κ1) is 19.9. The molecule has 1 aromatic carbocycles. The maximum Gasteiger partial charge on any atom is 0.231 e. The molecule has 3 heterocycles. The highest BCUT2D eigenvalue weighted by atomic mass is 32.2. The first-order valence-electron chi connectivity index (χ1n) is 9.97. The Hall–Kier alpha value is -2.38. The van der Waals surface area contributed by atoms with Crippen LogP contribution in [0.15, 0.2) is 54.7 Å². The molecule has 0 aliphatic carbocycles. The summed E-state index contributed by atoms with van der Waals surface area (Å²) in [5.41, 5.74) is 1.27. The van der Waals surface area contributed by atoms with Crippen molar-refractivity contribution in [3.63, 3.8) is 0 Å².